The number of aliphatic hydroxyl groups excluding tert-OH is 1. The third kappa shape index (κ3) is 3.52. The van der Waals surface area contributed by atoms with Crippen molar-refractivity contribution in [1.82, 2.24) is 0 Å². The topological polar surface area (TPSA) is 101 Å². The van der Waals surface area contributed by atoms with E-state index in [0.29, 0.717) is 17.3 Å². The molecule has 186 valence electrons. The molecule has 0 aliphatic heterocycles. The van der Waals surface area contributed by atoms with Gasteiger partial charge in [0.25, 0.3) is 0 Å². The standard InChI is InChI=1S/C27H48O5/c1-16(2)7-6-8-17(3)20-11-12-21-19-10-9-18-15-26(29,30)27(31,32)23(28)25(18,5)22(19)13-14-24(20,21)4/h16-23,28-32H,6-15H2,1-5H3/t17-,18-,19+,20-,21+,22+,23?,24-,25+/m1/s1. The van der Waals surface area contributed by atoms with E-state index in [1.165, 1.54) is 32.1 Å². The summed E-state index contributed by atoms with van der Waals surface area (Å²) < 4.78 is 0. The van der Waals surface area contributed by atoms with E-state index in [1.807, 2.05) is 6.92 Å². The molecule has 4 saturated carbocycles. The summed E-state index contributed by atoms with van der Waals surface area (Å²) >= 11 is 0. The Balaban J connectivity index is 1.54. The van der Waals surface area contributed by atoms with Crippen LogP contribution in [0.2, 0.25) is 0 Å². The molecule has 0 aromatic heterocycles. The molecule has 0 radical (unpaired) electrons. The van der Waals surface area contributed by atoms with Gasteiger partial charge < -0.3 is 25.5 Å². The zero-order chi connectivity index (χ0) is 23.7. The number of aliphatic hydroxyl groups is 5. The van der Waals surface area contributed by atoms with E-state index in [1.54, 1.807) is 0 Å². The molecule has 0 heterocycles. The van der Waals surface area contributed by atoms with Crippen molar-refractivity contribution in [2.24, 2.45) is 52.3 Å². The molecule has 4 aliphatic carbocycles. The summed E-state index contributed by atoms with van der Waals surface area (Å²) in [4.78, 5) is 0. The molecule has 0 bridgehead atoms. The van der Waals surface area contributed by atoms with E-state index < -0.39 is 23.1 Å². The first-order chi connectivity index (χ1) is 14.8. The van der Waals surface area contributed by atoms with Crippen molar-refractivity contribution in [2.45, 2.75) is 117 Å². The van der Waals surface area contributed by atoms with Gasteiger partial charge in [-0.1, -0.05) is 53.9 Å². The van der Waals surface area contributed by atoms with Crippen LogP contribution in [0.25, 0.3) is 0 Å². The Morgan fingerprint density at radius 1 is 0.844 bits per heavy atom. The largest absolute Gasteiger partial charge is 0.387 e. The Kier molecular flexibility index (Phi) is 6.37. The second-order valence-corrected chi connectivity index (χ2v) is 13.2. The van der Waals surface area contributed by atoms with Crippen LogP contribution in [0.4, 0.5) is 0 Å². The fraction of sp³-hybridized carbons (Fsp3) is 1.00. The van der Waals surface area contributed by atoms with Crippen molar-refractivity contribution in [3.63, 3.8) is 0 Å². The van der Waals surface area contributed by atoms with E-state index in [2.05, 4.69) is 27.7 Å². The highest BCUT2D eigenvalue weighted by Gasteiger charge is 2.71. The predicted molar refractivity (Wildman–Crippen MR) is 124 cm³/mol. The summed E-state index contributed by atoms with van der Waals surface area (Å²) in [7, 11) is 0. The summed E-state index contributed by atoms with van der Waals surface area (Å²) in [6, 6.07) is 0. The van der Waals surface area contributed by atoms with Gasteiger partial charge in [0.1, 0.15) is 6.10 Å². The lowest BCUT2D eigenvalue weighted by Crippen LogP contribution is -2.74. The number of fused-ring (bicyclic) bond motifs is 5. The van der Waals surface area contributed by atoms with Crippen LogP contribution >= 0.6 is 0 Å². The van der Waals surface area contributed by atoms with Gasteiger partial charge >= 0.3 is 0 Å². The Hall–Kier alpha value is -0.200. The maximum atomic E-state index is 11.1. The highest BCUT2D eigenvalue weighted by Crippen LogP contribution is 2.69. The molecule has 5 nitrogen and oxygen atoms in total. The lowest BCUT2D eigenvalue weighted by Gasteiger charge is -2.65. The molecular formula is C27H48O5. The normalized spacial score (nSPS) is 48.1. The van der Waals surface area contributed by atoms with Crippen molar-refractivity contribution >= 4 is 0 Å². The zero-order valence-electron chi connectivity index (χ0n) is 20.9. The molecular weight excluding hydrogens is 404 g/mol. The molecule has 4 rings (SSSR count). The first-order valence-corrected chi connectivity index (χ1v) is 13.3. The molecule has 9 atom stereocenters. The van der Waals surface area contributed by atoms with Crippen LogP contribution in [0, 0.1) is 52.3 Å². The smallest absolute Gasteiger partial charge is 0.245 e. The van der Waals surface area contributed by atoms with Gasteiger partial charge in [-0.3, -0.25) is 0 Å². The van der Waals surface area contributed by atoms with Gasteiger partial charge in [0, 0.05) is 11.8 Å². The van der Waals surface area contributed by atoms with Gasteiger partial charge in [-0.2, -0.15) is 0 Å². The molecule has 1 unspecified atom stereocenters. The van der Waals surface area contributed by atoms with E-state index in [0.717, 1.165) is 43.4 Å². The van der Waals surface area contributed by atoms with Crippen molar-refractivity contribution in [3.05, 3.63) is 0 Å². The average molecular weight is 453 g/mol. The summed E-state index contributed by atoms with van der Waals surface area (Å²) in [6.07, 6.45) is 8.77. The fourth-order valence-electron chi connectivity index (χ4n) is 9.39. The Labute approximate surface area is 194 Å². The lowest BCUT2D eigenvalue weighted by atomic mass is 9.42. The van der Waals surface area contributed by atoms with Crippen LogP contribution in [-0.4, -0.2) is 43.2 Å². The third-order valence-corrected chi connectivity index (χ3v) is 11.3. The Morgan fingerprint density at radius 2 is 1.53 bits per heavy atom. The van der Waals surface area contributed by atoms with E-state index >= 15 is 0 Å². The van der Waals surface area contributed by atoms with Crippen LogP contribution in [0.15, 0.2) is 0 Å². The van der Waals surface area contributed by atoms with Gasteiger partial charge in [-0.25, -0.2) is 0 Å². The lowest BCUT2D eigenvalue weighted by molar-refractivity contribution is -0.432. The molecule has 4 aliphatic rings. The molecule has 4 fully saturated rings. The average Bonchev–Trinajstić information content (AvgIpc) is 3.05. The van der Waals surface area contributed by atoms with Crippen molar-refractivity contribution in [3.8, 4) is 0 Å². The van der Waals surface area contributed by atoms with E-state index in [9.17, 15) is 25.5 Å². The van der Waals surface area contributed by atoms with Gasteiger partial charge in [0.15, 0.2) is 0 Å². The van der Waals surface area contributed by atoms with Crippen molar-refractivity contribution < 1.29 is 25.5 Å². The molecule has 5 heteroatoms. The van der Waals surface area contributed by atoms with Crippen LogP contribution in [0.3, 0.4) is 0 Å². The minimum atomic E-state index is -2.90. The fourth-order valence-corrected chi connectivity index (χ4v) is 9.39. The summed E-state index contributed by atoms with van der Waals surface area (Å²) in [5.41, 5.74) is -0.377. The summed E-state index contributed by atoms with van der Waals surface area (Å²) in [5, 5.41) is 52.8. The molecule has 5 N–H and O–H groups in total. The molecule has 0 aromatic carbocycles. The SMILES string of the molecule is CC(C)CCC[C@@H](C)[C@H]1CC[C@H]2[C@@H]3CC[C@@H]4CC(O)(O)C(O)(O)C(O)[C@]4(C)[C@H]3CC[C@]12C. The van der Waals surface area contributed by atoms with Crippen LogP contribution in [0.5, 0.6) is 0 Å². The minimum absolute atomic E-state index is 0.0891. The quantitative estimate of drug-likeness (QED) is 0.405. The second kappa shape index (κ2) is 8.19. The summed E-state index contributed by atoms with van der Waals surface area (Å²) in [6.45, 7) is 11.6. The molecule has 0 saturated heterocycles. The molecule has 0 aromatic rings. The molecule has 32 heavy (non-hydrogen) atoms. The predicted octanol–water partition coefficient (Wildman–Crippen LogP) is 4.05. The van der Waals surface area contributed by atoms with E-state index in [4.69, 9.17) is 0 Å². The monoisotopic (exact) mass is 452 g/mol. The number of hydrogen-bond donors (Lipinski definition) is 5. The first kappa shape index (κ1) is 24.9. The van der Waals surface area contributed by atoms with Crippen molar-refractivity contribution in [1.29, 1.82) is 0 Å². The summed E-state index contributed by atoms with van der Waals surface area (Å²) in [5.74, 6) is -2.15. The minimum Gasteiger partial charge on any atom is -0.387 e. The maximum absolute atomic E-state index is 11.1. The van der Waals surface area contributed by atoms with E-state index in [-0.39, 0.29) is 18.3 Å². The highest BCUT2D eigenvalue weighted by atomic mass is 16.6. The number of rotatable bonds is 5. The van der Waals surface area contributed by atoms with Crippen LogP contribution < -0.4 is 0 Å². The maximum Gasteiger partial charge on any atom is 0.245 e. The third-order valence-electron chi connectivity index (χ3n) is 11.3. The Bertz CT molecular complexity index is 690. The second-order valence-electron chi connectivity index (χ2n) is 13.2. The van der Waals surface area contributed by atoms with Crippen LogP contribution in [-0.2, 0) is 0 Å². The van der Waals surface area contributed by atoms with Gasteiger partial charge in [-0.15, -0.1) is 0 Å². The molecule has 0 amide bonds. The van der Waals surface area contributed by atoms with Crippen LogP contribution in [0.1, 0.15) is 98.8 Å². The van der Waals surface area contributed by atoms with Crippen molar-refractivity contribution in [2.75, 3.05) is 0 Å². The molecule has 0 spiro atoms. The van der Waals surface area contributed by atoms with Gasteiger partial charge in [-0.05, 0) is 85.4 Å². The first-order valence-electron chi connectivity index (χ1n) is 13.3. The zero-order valence-corrected chi connectivity index (χ0v) is 20.9. The van der Waals surface area contributed by atoms with Gasteiger partial charge in [0.05, 0.1) is 0 Å². The number of hydrogen-bond acceptors (Lipinski definition) is 5. The van der Waals surface area contributed by atoms with Gasteiger partial charge in [0.2, 0.25) is 11.6 Å². The highest BCUT2D eigenvalue weighted by molar-refractivity contribution is 5.15. The Morgan fingerprint density at radius 3 is 2.19 bits per heavy atom.